The van der Waals surface area contributed by atoms with Gasteiger partial charge < -0.3 is 11.1 Å². The minimum atomic E-state index is -0.594. The molecule has 0 fully saturated rings. The summed E-state index contributed by atoms with van der Waals surface area (Å²) in [5, 5.41) is 5.36. The zero-order valence-electron chi connectivity index (χ0n) is 13.6. The van der Waals surface area contributed by atoms with Gasteiger partial charge in [-0.15, -0.1) is 22.7 Å². The highest BCUT2D eigenvalue weighted by atomic mass is 32.1. The van der Waals surface area contributed by atoms with Crippen LogP contribution in [0.1, 0.15) is 38.9 Å². The number of carbonyl (C=O) groups excluding carboxylic acids is 2. The molecule has 1 atom stereocenters. The monoisotopic (exact) mass is 375 g/mol. The van der Waals surface area contributed by atoms with E-state index in [1.165, 1.54) is 22.7 Å². The second kappa shape index (κ2) is 8.28. The Hall–Kier alpha value is -2.16. The number of quaternary nitrogens is 1. The first-order chi connectivity index (χ1) is 12.2. The maximum Gasteiger partial charge on any atom is 0.280 e. The van der Waals surface area contributed by atoms with Gasteiger partial charge >= 0.3 is 0 Å². The summed E-state index contributed by atoms with van der Waals surface area (Å²) in [6.07, 6.45) is 3.88. The molecule has 0 radical (unpaired) electrons. The summed E-state index contributed by atoms with van der Waals surface area (Å²) in [6.45, 7) is 0.808. The predicted octanol–water partition coefficient (Wildman–Crippen LogP) is 2.15. The van der Waals surface area contributed by atoms with E-state index in [2.05, 4.69) is 21.0 Å². The Morgan fingerprint density at radius 3 is 2.76 bits per heavy atom. The molecular weight excluding hydrogens is 356 g/mol. The van der Waals surface area contributed by atoms with Crippen LogP contribution in [0.15, 0.2) is 35.8 Å². The standard InChI is InChI=1S/C17H18N4O2S2/c18-8-4-3-6-12(20-15(23)17-19-9-10-24-17)14(22)16-21-11-5-1-2-7-13(11)25-16/h1-2,5,7,9-10,12H,3-4,6,8,18H2,(H,20,23)/p+1. The van der Waals surface area contributed by atoms with Gasteiger partial charge in [0.1, 0.15) is 0 Å². The van der Waals surface area contributed by atoms with Crippen molar-refractivity contribution >= 4 is 44.6 Å². The van der Waals surface area contributed by atoms with Crippen LogP contribution < -0.4 is 11.1 Å². The zero-order valence-corrected chi connectivity index (χ0v) is 15.2. The molecule has 0 saturated heterocycles. The number of nitrogens with one attached hydrogen (secondary N) is 1. The number of aromatic nitrogens is 2. The molecule has 0 aliphatic carbocycles. The molecule has 2 aromatic heterocycles. The molecule has 6 nitrogen and oxygen atoms in total. The van der Waals surface area contributed by atoms with Gasteiger partial charge in [-0.05, 0) is 31.4 Å². The number of thiazole rings is 2. The lowest BCUT2D eigenvalue weighted by Crippen LogP contribution is -2.50. The van der Waals surface area contributed by atoms with E-state index in [9.17, 15) is 9.59 Å². The van der Waals surface area contributed by atoms with E-state index < -0.39 is 6.04 Å². The van der Waals surface area contributed by atoms with Gasteiger partial charge in [0.2, 0.25) is 5.78 Å². The number of hydrogen-bond acceptors (Lipinski definition) is 6. The molecule has 1 amide bonds. The Labute approximate surface area is 153 Å². The van der Waals surface area contributed by atoms with Crippen molar-refractivity contribution in [1.29, 1.82) is 0 Å². The second-order valence-electron chi connectivity index (χ2n) is 5.56. The number of fused-ring (bicyclic) bond motifs is 1. The molecule has 1 aromatic carbocycles. The summed E-state index contributed by atoms with van der Waals surface area (Å²) < 4.78 is 0.966. The van der Waals surface area contributed by atoms with E-state index in [1.807, 2.05) is 24.3 Å². The second-order valence-corrected chi connectivity index (χ2v) is 7.49. The molecule has 0 bridgehead atoms. The smallest absolute Gasteiger partial charge is 0.280 e. The minimum Gasteiger partial charge on any atom is -0.358 e. The Morgan fingerprint density at radius 2 is 2.04 bits per heavy atom. The molecule has 2 heterocycles. The number of nitrogens with zero attached hydrogens (tertiary/aromatic N) is 2. The van der Waals surface area contributed by atoms with Crippen molar-refractivity contribution in [3.63, 3.8) is 0 Å². The Balaban J connectivity index is 1.79. The minimum absolute atomic E-state index is 0.143. The number of rotatable bonds is 8. The lowest BCUT2D eigenvalue weighted by Gasteiger charge is -2.15. The molecule has 0 aliphatic heterocycles. The van der Waals surface area contributed by atoms with Crippen molar-refractivity contribution in [2.45, 2.75) is 25.3 Å². The highest BCUT2D eigenvalue weighted by molar-refractivity contribution is 7.20. The molecule has 130 valence electrons. The molecule has 0 spiro atoms. The van der Waals surface area contributed by atoms with E-state index >= 15 is 0 Å². The van der Waals surface area contributed by atoms with Crippen molar-refractivity contribution in [2.24, 2.45) is 0 Å². The van der Waals surface area contributed by atoms with Gasteiger partial charge in [0.15, 0.2) is 10.0 Å². The fraction of sp³-hybridized carbons (Fsp3) is 0.294. The summed E-state index contributed by atoms with van der Waals surface area (Å²) >= 11 is 2.62. The fourth-order valence-electron chi connectivity index (χ4n) is 2.48. The summed E-state index contributed by atoms with van der Waals surface area (Å²) in [6, 6.07) is 7.05. The van der Waals surface area contributed by atoms with Crippen LogP contribution in [-0.4, -0.2) is 34.2 Å². The van der Waals surface area contributed by atoms with Crippen molar-refractivity contribution < 1.29 is 15.3 Å². The lowest BCUT2D eigenvalue weighted by molar-refractivity contribution is -0.368. The van der Waals surface area contributed by atoms with E-state index in [4.69, 9.17) is 0 Å². The average Bonchev–Trinajstić information content (AvgIpc) is 3.29. The van der Waals surface area contributed by atoms with Crippen LogP contribution in [0.5, 0.6) is 0 Å². The summed E-state index contributed by atoms with van der Waals surface area (Å²) in [5.41, 5.74) is 4.63. The van der Waals surface area contributed by atoms with E-state index in [1.54, 1.807) is 11.6 Å². The first-order valence-electron chi connectivity index (χ1n) is 8.08. The molecule has 25 heavy (non-hydrogen) atoms. The average molecular weight is 375 g/mol. The van der Waals surface area contributed by atoms with Crippen molar-refractivity contribution in [3.05, 3.63) is 45.9 Å². The highest BCUT2D eigenvalue weighted by Crippen LogP contribution is 2.23. The van der Waals surface area contributed by atoms with E-state index in [0.717, 1.165) is 29.6 Å². The predicted molar refractivity (Wildman–Crippen MR) is 98.9 cm³/mol. The third-order valence-corrected chi connectivity index (χ3v) is 5.57. The van der Waals surface area contributed by atoms with Crippen LogP contribution in [0, 0.1) is 0 Å². The number of amides is 1. The zero-order chi connectivity index (χ0) is 17.6. The summed E-state index contributed by atoms with van der Waals surface area (Å²) in [7, 11) is 0. The summed E-state index contributed by atoms with van der Waals surface area (Å²) in [5.74, 6) is -0.459. The first kappa shape index (κ1) is 17.7. The van der Waals surface area contributed by atoms with Crippen LogP contribution in [0.3, 0.4) is 0 Å². The highest BCUT2D eigenvalue weighted by Gasteiger charge is 2.25. The Kier molecular flexibility index (Phi) is 5.85. The number of unbranched alkanes of at least 4 members (excludes halogenated alkanes) is 1. The number of hydrogen-bond donors (Lipinski definition) is 2. The third kappa shape index (κ3) is 4.28. The van der Waals surface area contributed by atoms with Gasteiger partial charge in [0.25, 0.3) is 5.91 Å². The molecule has 0 aliphatic rings. The maximum absolute atomic E-state index is 12.9. The maximum atomic E-state index is 12.9. The molecule has 1 unspecified atom stereocenters. The number of carbonyl (C=O) groups is 2. The Morgan fingerprint density at radius 1 is 1.20 bits per heavy atom. The van der Waals surface area contributed by atoms with E-state index in [-0.39, 0.29) is 11.7 Å². The topological polar surface area (TPSA) is 99.6 Å². The van der Waals surface area contributed by atoms with Gasteiger partial charge in [-0.1, -0.05) is 12.1 Å². The molecule has 0 saturated carbocycles. The number of para-hydroxylation sites is 1. The van der Waals surface area contributed by atoms with Gasteiger partial charge in [-0.2, -0.15) is 0 Å². The molecule has 3 aromatic rings. The lowest BCUT2D eigenvalue weighted by atomic mass is 10.1. The number of Topliss-reactive ketones (excluding diaryl/α,β-unsaturated/α-hetero) is 1. The number of ketones is 1. The van der Waals surface area contributed by atoms with Crippen LogP contribution >= 0.6 is 22.7 Å². The third-order valence-electron chi connectivity index (χ3n) is 3.75. The molecule has 4 N–H and O–H groups in total. The Bertz CT molecular complexity index is 828. The normalized spacial score (nSPS) is 12.2. The summed E-state index contributed by atoms with van der Waals surface area (Å²) in [4.78, 5) is 33.7. The first-order valence-corrected chi connectivity index (χ1v) is 9.78. The quantitative estimate of drug-likeness (QED) is 0.465. The largest absolute Gasteiger partial charge is 0.358 e. The van der Waals surface area contributed by atoms with Gasteiger partial charge in [-0.3, -0.25) is 9.59 Å². The van der Waals surface area contributed by atoms with Crippen molar-refractivity contribution in [2.75, 3.05) is 6.54 Å². The number of benzene rings is 1. The molecule has 3 rings (SSSR count). The SMILES string of the molecule is [NH3+]CCCCC(NC(=O)c1nccs1)C(=O)c1nc2ccccc2s1. The molecule has 8 heteroatoms. The van der Waals surface area contributed by atoms with Gasteiger partial charge in [-0.25, -0.2) is 9.97 Å². The van der Waals surface area contributed by atoms with Crippen molar-refractivity contribution in [1.82, 2.24) is 15.3 Å². The van der Waals surface area contributed by atoms with E-state index in [0.29, 0.717) is 16.4 Å². The van der Waals surface area contributed by atoms with Crippen LogP contribution in [0.4, 0.5) is 0 Å². The van der Waals surface area contributed by atoms with Crippen LogP contribution in [-0.2, 0) is 0 Å². The molecular formula is C17H19N4O2S2+. The van der Waals surface area contributed by atoms with Gasteiger partial charge in [0, 0.05) is 11.6 Å². The van der Waals surface area contributed by atoms with Crippen LogP contribution in [0.2, 0.25) is 0 Å². The van der Waals surface area contributed by atoms with Gasteiger partial charge in [0.05, 0.1) is 22.8 Å². The fourth-order valence-corrected chi connectivity index (χ4v) is 3.97. The van der Waals surface area contributed by atoms with Crippen LogP contribution in [0.25, 0.3) is 10.2 Å². The van der Waals surface area contributed by atoms with Crippen molar-refractivity contribution in [3.8, 4) is 0 Å².